The second-order valence-corrected chi connectivity index (χ2v) is 34.2. The average molecular weight is 1100 g/mol. The van der Waals surface area contributed by atoms with Crippen molar-refractivity contribution in [3.8, 4) is 12.1 Å². The normalized spacial score (nSPS) is 12.9. The van der Waals surface area contributed by atoms with E-state index in [-0.39, 0.29) is 10.6 Å². The molecule has 7 N–H and O–H groups in total. The Morgan fingerprint density at radius 2 is 1.00 bits per heavy atom. The van der Waals surface area contributed by atoms with Crippen LogP contribution in [0.25, 0.3) is 29.9 Å². The number of nitrogens with zero attached hydrogens (tertiary/aromatic N) is 4. The molecule has 0 spiro atoms. The lowest BCUT2D eigenvalue weighted by atomic mass is 10.1. The number of halogens is 1. The van der Waals surface area contributed by atoms with E-state index < -0.39 is 63.6 Å². The lowest BCUT2D eigenvalue weighted by molar-refractivity contribution is -0.125. The Balaban J connectivity index is 0.000000287. The highest BCUT2D eigenvalue weighted by atomic mass is 35.6. The fourth-order valence-corrected chi connectivity index (χ4v) is 9.48. The molecule has 4 atom stereocenters. The van der Waals surface area contributed by atoms with Crippen LogP contribution < -0.4 is 32.3 Å². The van der Waals surface area contributed by atoms with Crippen molar-refractivity contribution in [2.24, 2.45) is 0 Å². The van der Waals surface area contributed by atoms with Gasteiger partial charge in [-0.05, 0) is 121 Å². The van der Waals surface area contributed by atoms with Gasteiger partial charge in [0.2, 0.25) is 11.4 Å². The maximum Gasteiger partial charge on any atom is 0.269 e. The Morgan fingerprint density at radius 1 is 0.627 bits per heavy atom. The first-order valence-electron chi connectivity index (χ1n) is 23.6. The van der Waals surface area contributed by atoms with Gasteiger partial charge >= 0.3 is 0 Å². The number of nitriles is 2. The first kappa shape index (κ1) is 60.4. The van der Waals surface area contributed by atoms with E-state index in [0.717, 1.165) is 20.2 Å². The Hall–Kier alpha value is -7.12. The number of amides is 4. The number of aliphatic hydroxyl groups is 1. The van der Waals surface area contributed by atoms with Crippen LogP contribution in [0.4, 0.5) is 22.7 Å². The molecule has 0 radical (unpaired) electrons. The average Bonchev–Trinajstić information content (AvgIpc) is 4.07. The number of hydrogen-bond acceptors (Lipinski definition) is 12. The fraction of sp³-hybridized carbons (Fsp3) is 0.333. The molecule has 16 nitrogen and oxygen atoms in total. The van der Waals surface area contributed by atoms with Crippen LogP contribution in [0.15, 0.2) is 95.7 Å². The van der Waals surface area contributed by atoms with Crippen molar-refractivity contribution in [2.75, 3.05) is 10.6 Å². The van der Waals surface area contributed by atoms with Crippen molar-refractivity contribution < 1.29 is 28.7 Å². The summed E-state index contributed by atoms with van der Waals surface area (Å²) in [6.45, 7) is 39.6. The summed E-state index contributed by atoms with van der Waals surface area (Å²) < 4.78 is 8.16. The molecule has 6 aromatic rings. The van der Waals surface area contributed by atoms with Crippen molar-refractivity contribution in [2.45, 2.75) is 116 Å². The van der Waals surface area contributed by atoms with Gasteiger partial charge < -0.3 is 20.2 Å². The van der Waals surface area contributed by atoms with Crippen molar-refractivity contribution in [1.82, 2.24) is 21.7 Å². The third kappa shape index (κ3) is 16.2. The predicted octanol–water partition coefficient (Wildman–Crippen LogP) is 12.2. The third-order valence-corrected chi connectivity index (χ3v) is 24.5. The molecular weight excluding hydrogens is 1040 g/mol. The number of aliphatic hydroxyl groups excluding tert-OH is 1. The minimum atomic E-state index is -2.23. The van der Waals surface area contributed by atoms with E-state index in [1.54, 1.807) is 24.3 Å². The van der Waals surface area contributed by atoms with Crippen LogP contribution in [0, 0.1) is 35.8 Å². The van der Waals surface area contributed by atoms with Crippen molar-refractivity contribution in [3.63, 3.8) is 0 Å². The first-order valence-corrected chi connectivity index (χ1v) is 32.3. The van der Waals surface area contributed by atoms with Crippen LogP contribution in [-0.2, 0) is 14.0 Å². The Kier molecular flexibility index (Phi) is 20.9. The summed E-state index contributed by atoms with van der Waals surface area (Å²) in [6, 6.07) is 24.7. The number of rotatable bonds is 12. The van der Waals surface area contributed by atoms with Crippen LogP contribution in [0.1, 0.15) is 87.2 Å². The number of hydrazine groups is 2. The van der Waals surface area contributed by atoms with Crippen LogP contribution >= 0.6 is 33.8 Å². The molecule has 0 bridgehead atoms. The van der Waals surface area contributed by atoms with Gasteiger partial charge in [0.25, 0.3) is 23.6 Å². The molecular formula is C54H63ClN10O6S2Si2. The number of benzene rings is 4. The number of anilines is 2. The Labute approximate surface area is 453 Å². The summed E-state index contributed by atoms with van der Waals surface area (Å²) in [5, 5.41) is 39.8. The Bertz CT molecular complexity index is 3160. The van der Waals surface area contributed by atoms with E-state index >= 15 is 0 Å². The monoisotopic (exact) mass is 1100 g/mol. The molecule has 0 saturated heterocycles. The second-order valence-electron chi connectivity index (χ2n) is 20.4. The van der Waals surface area contributed by atoms with E-state index in [2.05, 4.69) is 110 Å². The van der Waals surface area contributed by atoms with E-state index in [1.807, 2.05) is 42.0 Å². The largest absolute Gasteiger partial charge is 0.412 e. The topological polar surface area (TPSA) is 226 Å². The fourth-order valence-electron chi connectivity index (χ4n) is 6.30. The lowest BCUT2D eigenvalue weighted by Gasteiger charge is -2.40. The number of nitrogens with one attached hydrogen (secondary N) is 6. The summed E-state index contributed by atoms with van der Waals surface area (Å²) >= 11 is 9.03. The predicted molar refractivity (Wildman–Crippen MR) is 307 cm³/mol. The first-order chi connectivity index (χ1) is 35.1. The lowest BCUT2D eigenvalue weighted by Crippen LogP contribution is -2.55. The molecule has 21 heteroatoms. The third-order valence-electron chi connectivity index (χ3n) is 12.8. The quantitative estimate of drug-likeness (QED) is 0.0265. The highest BCUT2D eigenvalue weighted by Gasteiger charge is 2.41. The zero-order valence-corrected chi connectivity index (χ0v) is 48.4. The minimum Gasteiger partial charge on any atom is -0.412 e. The van der Waals surface area contributed by atoms with E-state index in [0.29, 0.717) is 44.5 Å². The number of carbonyl (C=O) groups is 4. The zero-order valence-electron chi connectivity index (χ0n) is 44.0. The van der Waals surface area contributed by atoms with Gasteiger partial charge in [-0.2, -0.15) is 44.3 Å². The molecule has 75 heavy (non-hydrogen) atoms. The molecule has 0 fully saturated rings. The maximum atomic E-state index is 13.4. The molecule has 0 saturated carbocycles. The van der Waals surface area contributed by atoms with E-state index in [1.165, 1.54) is 78.1 Å². The van der Waals surface area contributed by atoms with Gasteiger partial charge in [-0.15, -0.1) is 0 Å². The SMILES string of the molecule is CC(C)(C)[Si](C)(C)Cl.[C-]#[N+]c1ccc(N[C@@H](C(=O)NNC(=O)c2ccc(C#N)cc2)[C@H](C)O)c2ccsc12.[C-]#[N+]c1ccc(N[C@@H](C(=O)NNC(=O)c2ccc(C#N)cc2)[C@H](C)O[Si](C)(C)C(C)(C)C)c2ccsc12. The summed E-state index contributed by atoms with van der Waals surface area (Å²) in [5.41, 5.74) is 13.4. The summed E-state index contributed by atoms with van der Waals surface area (Å²) in [5.74, 6) is -2.16. The molecule has 2 heterocycles. The zero-order chi connectivity index (χ0) is 56.1. The molecule has 2 aromatic heterocycles. The van der Waals surface area contributed by atoms with Crippen LogP contribution in [0.3, 0.4) is 0 Å². The number of hydrogen-bond donors (Lipinski definition) is 7. The van der Waals surface area contributed by atoms with Crippen molar-refractivity contribution >= 4 is 116 Å². The number of thiophene rings is 2. The number of fused-ring (bicyclic) bond motifs is 2. The van der Waals surface area contributed by atoms with Gasteiger partial charge in [0.05, 0.1) is 48.6 Å². The molecule has 6 rings (SSSR count). The molecule has 0 aliphatic rings. The van der Waals surface area contributed by atoms with Crippen molar-refractivity contribution in [3.05, 3.63) is 141 Å². The summed E-state index contributed by atoms with van der Waals surface area (Å²) in [6.07, 6.45) is -1.59. The van der Waals surface area contributed by atoms with Gasteiger partial charge in [-0.1, -0.05) is 66.8 Å². The molecule has 0 aliphatic heterocycles. The highest BCUT2D eigenvalue weighted by molar-refractivity contribution is 7.20. The Morgan fingerprint density at radius 3 is 1.33 bits per heavy atom. The molecule has 0 unspecified atom stereocenters. The minimum absolute atomic E-state index is 0.0655. The van der Waals surface area contributed by atoms with Crippen molar-refractivity contribution in [1.29, 1.82) is 10.5 Å². The highest BCUT2D eigenvalue weighted by Crippen LogP contribution is 2.40. The molecule has 4 aromatic carbocycles. The molecule has 392 valence electrons. The van der Waals surface area contributed by atoms with Gasteiger partial charge in [-0.3, -0.25) is 40.9 Å². The van der Waals surface area contributed by atoms with Gasteiger partial charge in [0, 0.05) is 42.7 Å². The number of carbonyl (C=O) groups excluding carboxylic acids is 4. The molecule has 0 aliphatic carbocycles. The van der Waals surface area contributed by atoms with Gasteiger partial charge in [0.1, 0.15) is 12.1 Å². The van der Waals surface area contributed by atoms with E-state index in [9.17, 15) is 24.3 Å². The summed E-state index contributed by atoms with van der Waals surface area (Å²) in [7, 11) is -3.61. The van der Waals surface area contributed by atoms with Crippen LogP contribution in [0.2, 0.25) is 36.3 Å². The second kappa shape index (κ2) is 25.9. The maximum absolute atomic E-state index is 13.4. The smallest absolute Gasteiger partial charge is 0.269 e. The van der Waals surface area contributed by atoms with Gasteiger partial charge in [-0.25, -0.2) is 9.69 Å². The standard InChI is InChI=1S/C27H31N5O3SSi.C21H17N5O3S.C6H15ClSi/c1-17(35-37(6,7)27(2,3)4)23(30-21-12-13-22(29-5)24-20(21)14-15-36-24)26(34)32-31-25(33)19-10-8-18(16-28)9-11-19;1-12(27)18(24-16-7-8-17(23-2)19-15(16)9-10-30-19)21(29)26-25-20(28)14-5-3-13(11-22)4-6-14;1-6(2,3)8(4,5)7/h8-15,17,23,30H,1-4,6-7H3,(H,31,33)(H,32,34);3-10,12,18,24,27H,1H3,(H,25,28)(H,26,29);1-5H3/t17-,23+;12-,18+;/m00./s1. The molecule has 4 amide bonds. The van der Waals surface area contributed by atoms with Gasteiger partial charge in [0.15, 0.2) is 15.7 Å². The van der Waals surface area contributed by atoms with Crippen LogP contribution in [0.5, 0.6) is 0 Å². The summed E-state index contributed by atoms with van der Waals surface area (Å²) in [4.78, 5) is 57.9. The van der Waals surface area contributed by atoms with Crippen LogP contribution in [-0.4, -0.2) is 68.7 Å². The van der Waals surface area contributed by atoms with E-state index in [4.69, 9.17) is 39.2 Å².